The molecule has 14 heteroatoms. The van der Waals surface area contributed by atoms with Gasteiger partial charge in [-0.2, -0.15) is 0 Å². The van der Waals surface area contributed by atoms with Crippen LogP contribution >= 0.6 is 0 Å². The number of ether oxygens (including phenoxy) is 1. The third-order valence-corrected chi connectivity index (χ3v) is 9.21. The van der Waals surface area contributed by atoms with Crippen molar-refractivity contribution in [2.75, 3.05) is 16.1 Å². The molecular weight excluding hydrogens is 624 g/mol. The summed E-state index contributed by atoms with van der Waals surface area (Å²) in [7, 11) is -4.02. The lowest BCUT2D eigenvalue weighted by molar-refractivity contribution is -0.119. The van der Waals surface area contributed by atoms with Crippen molar-refractivity contribution in [2.24, 2.45) is 5.92 Å². The van der Waals surface area contributed by atoms with E-state index in [9.17, 15) is 27.9 Å². The first kappa shape index (κ1) is 32.1. The Balaban J connectivity index is 1.39. The van der Waals surface area contributed by atoms with Gasteiger partial charge in [-0.3, -0.25) is 9.69 Å². The molecule has 0 spiro atoms. The number of aromatic nitrogens is 4. The van der Waals surface area contributed by atoms with E-state index in [2.05, 4.69) is 15.0 Å². The molecule has 246 valence electrons. The number of sulfone groups is 1. The van der Waals surface area contributed by atoms with E-state index in [1.54, 1.807) is 46.2 Å². The van der Waals surface area contributed by atoms with E-state index in [1.807, 2.05) is 22.7 Å². The van der Waals surface area contributed by atoms with Crippen molar-refractivity contribution in [3.8, 4) is 0 Å². The molecule has 3 heterocycles. The standard InChI is InChI=1S/C33H36N6O7S/c1-19-12-13-34-29(35-19)24-15-25(24)30(40)39(32(43)46-33(2,3)4)26-14-23(9-10-27(26)47(5,44)45)38(31(41)42)18-22-17-37-16-21(20-6-7-20)8-11-28(37)36-22/h8-14,16-17,20,24-25H,6-7,15,18H2,1-5H3,(H,41,42)/t24-,25-/m0/s1. The number of carbonyl (C=O) groups excluding carboxylic acids is 2. The number of nitrogens with zero attached hydrogens (tertiary/aromatic N) is 6. The van der Waals surface area contributed by atoms with Gasteiger partial charge in [0.25, 0.3) is 0 Å². The summed E-state index contributed by atoms with van der Waals surface area (Å²) in [6, 6.07) is 9.37. The van der Waals surface area contributed by atoms with Gasteiger partial charge in [0, 0.05) is 48.1 Å². The summed E-state index contributed by atoms with van der Waals surface area (Å²) in [6.07, 6.45) is 6.46. The van der Waals surface area contributed by atoms with Crippen molar-refractivity contribution in [3.63, 3.8) is 0 Å². The van der Waals surface area contributed by atoms with Gasteiger partial charge >= 0.3 is 12.2 Å². The van der Waals surface area contributed by atoms with Gasteiger partial charge in [0.1, 0.15) is 17.1 Å². The van der Waals surface area contributed by atoms with Gasteiger partial charge in [0.05, 0.1) is 22.8 Å². The van der Waals surface area contributed by atoms with Crippen molar-refractivity contribution < 1.29 is 32.6 Å². The number of amides is 3. The number of hydrogen-bond donors (Lipinski definition) is 1. The molecule has 47 heavy (non-hydrogen) atoms. The molecule has 2 fully saturated rings. The van der Waals surface area contributed by atoms with Crippen LogP contribution in [0.15, 0.2) is 59.9 Å². The minimum Gasteiger partial charge on any atom is -0.465 e. The number of carbonyl (C=O) groups is 3. The molecule has 13 nitrogen and oxygen atoms in total. The molecular formula is C33H36N6O7S. The van der Waals surface area contributed by atoms with Crippen LogP contribution in [0.1, 0.15) is 74.6 Å². The molecule has 0 unspecified atom stereocenters. The SMILES string of the molecule is Cc1ccnc([C@H]2C[C@@H]2C(=O)N(C(=O)OC(C)(C)C)c2cc(N(Cc3cn4cc(C5CC5)ccc4n3)C(=O)O)ccc2S(C)(=O)=O)n1. The second kappa shape index (κ2) is 11.7. The van der Waals surface area contributed by atoms with Crippen molar-refractivity contribution in [1.82, 2.24) is 19.4 Å². The van der Waals surface area contributed by atoms with Crippen LogP contribution in [0.4, 0.5) is 21.0 Å². The van der Waals surface area contributed by atoms with Crippen LogP contribution in [0.25, 0.3) is 5.65 Å². The Hall–Kier alpha value is -4.85. The third kappa shape index (κ3) is 6.97. The number of aryl methyl sites for hydroxylation is 1. The van der Waals surface area contributed by atoms with Crippen LogP contribution in [0.5, 0.6) is 0 Å². The molecule has 0 saturated heterocycles. The number of hydrogen-bond acceptors (Lipinski definition) is 9. The lowest BCUT2D eigenvalue weighted by atomic mass is 10.2. The minimum atomic E-state index is -4.02. The first-order chi connectivity index (χ1) is 22.1. The lowest BCUT2D eigenvalue weighted by Gasteiger charge is -2.28. The molecule has 2 aliphatic rings. The van der Waals surface area contributed by atoms with Crippen molar-refractivity contribution in [3.05, 3.63) is 77.8 Å². The molecule has 0 bridgehead atoms. The third-order valence-electron chi connectivity index (χ3n) is 8.07. The van der Waals surface area contributed by atoms with Crippen LogP contribution < -0.4 is 9.80 Å². The Kier molecular flexibility index (Phi) is 8.02. The molecule has 0 aliphatic heterocycles. The first-order valence-electron chi connectivity index (χ1n) is 15.3. The number of imide groups is 1. The number of benzene rings is 1. The number of anilines is 2. The smallest absolute Gasteiger partial charge is 0.421 e. The van der Waals surface area contributed by atoms with E-state index in [1.165, 1.54) is 23.8 Å². The van der Waals surface area contributed by atoms with E-state index in [4.69, 9.17) is 4.74 Å². The Bertz CT molecular complexity index is 2020. The van der Waals surface area contributed by atoms with Gasteiger partial charge in [-0.15, -0.1) is 0 Å². The highest BCUT2D eigenvalue weighted by Gasteiger charge is 2.50. The van der Waals surface area contributed by atoms with Crippen molar-refractivity contribution in [1.29, 1.82) is 0 Å². The summed E-state index contributed by atoms with van der Waals surface area (Å²) in [5, 5.41) is 10.3. The fourth-order valence-electron chi connectivity index (χ4n) is 5.57. The quantitative estimate of drug-likeness (QED) is 0.256. The fraction of sp³-hybridized carbons (Fsp3) is 0.394. The monoisotopic (exact) mass is 660 g/mol. The van der Waals surface area contributed by atoms with Crippen LogP contribution in [0, 0.1) is 12.8 Å². The molecule has 2 saturated carbocycles. The molecule has 0 radical (unpaired) electrons. The lowest BCUT2D eigenvalue weighted by Crippen LogP contribution is -2.43. The number of carboxylic acid groups (broad SMARTS) is 1. The molecule has 1 N–H and O–H groups in total. The van der Waals surface area contributed by atoms with Gasteiger partial charge in [-0.05, 0) is 88.8 Å². The fourth-order valence-corrected chi connectivity index (χ4v) is 6.42. The van der Waals surface area contributed by atoms with E-state index in [0.29, 0.717) is 40.1 Å². The van der Waals surface area contributed by atoms with Gasteiger partial charge in [-0.1, -0.05) is 6.07 Å². The normalized spacial score (nSPS) is 17.7. The van der Waals surface area contributed by atoms with Crippen LogP contribution in [-0.4, -0.2) is 62.8 Å². The summed E-state index contributed by atoms with van der Waals surface area (Å²) in [5.41, 5.74) is 1.70. The van der Waals surface area contributed by atoms with Crippen LogP contribution in [0.3, 0.4) is 0 Å². The van der Waals surface area contributed by atoms with E-state index in [0.717, 1.165) is 24.0 Å². The highest BCUT2D eigenvalue weighted by Crippen LogP contribution is 2.48. The van der Waals surface area contributed by atoms with Crippen molar-refractivity contribution in [2.45, 2.75) is 75.8 Å². The van der Waals surface area contributed by atoms with E-state index >= 15 is 0 Å². The minimum absolute atomic E-state index is 0.0337. The second-order valence-corrected chi connectivity index (χ2v) is 15.2. The average molecular weight is 661 g/mol. The molecule has 2 aliphatic carbocycles. The largest absolute Gasteiger partial charge is 0.465 e. The summed E-state index contributed by atoms with van der Waals surface area (Å²) in [5.74, 6) is -0.848. The van der Waals surface area contributed by atoms with E-state index < -0.39 is 39.4 Å². The highest BCUT2D eigenvalue weighted by molar-refractivity contribution is 7.90. The zero-order valence-corrected chi connectivity index (χ0v) is 27.6. The summed E-state index contributed by atoms with van der Waals surface area (Å²) in [6.45, 7) is 6.49. The maximum atomic E-state index is 14.1. The molecule has 3 amide bonds. The number of imidazole rings is 1. The van der Waals surface area contributed by atoms with Crippen LogP contribution in [0.2, 0.25) is 0 Å². The Morgan fingerprint density at radius 2 is 1.81 bits per heavy atom. The van der Waals surface area contributed by atoms with Crippen molar-refractivity contribution >= 4 is 45.0 Å². The predicted octanol–water partition coefficient (Wildman–Crippen LogP) is 5.47. The highest BCUT2D eigenvalue weighted by atomic mass is 32.2. The Morgan fingerprint density at radius 1 is 1.06 bits per heavy atom. The van der Waals surface area contributed by atoms with Gasteiger partial charge in [0.2, 0.25) is 5.91 Å². The summed E-state index contributed by atoms with van der Waals surface area (Å²) in [4.78, 5) is 55.1. The maximum absolute atomic E-state index is 14.1. The Labute approximate surface area is 272 Å². The van der Waals surface area contributed by atoms with Gasteiger partial charge < -0.3 is 14.2 Å². The average Bonchev–Trinajstić information content (AvgIpc) is 3.90. The zero-order valence-electron chi connectivity index (χ0n) is 26.7. The predicted molar refractivity (Wildman–Crippen MR) is 172 cm³/mol. The number of fused-ring (bicyclic) bond motifs is 1. The maximum Gasteiger partial charge on any atom is 0.421 e. The van der Waals surface area contributed by atoms with Gasteiger partial charge in [0.15, 0.2) is 9.84 Å². The Morgan fingerprint density at radius 3 is 2.45 bits per heavy atom. The van der Waals surface area contributed by atoms with E-state index in [-0.39, 0.29) is 28.7 Å². The number of pyridine rings is 1. The summed E-state index contributed by atoms with van der Waals surface area (Å²) >= 11 is 0. The van der Waals surface area contributed by atoms with Crippen LogP contribution in [-0.2, 0) is 25.9 Å². The molecule has 4 aromatic rings. The molecule has 6 rings (SSSR count). The van der Waals surface area contributed by atoms with Gasteiger partial charge in [-0.25, -0.2) is 37.9 Å². The topological polar surface area (TPSA) is 164 Å². The molecule has 2 atom stereocenters. The molecule has 3 aromatic heterocycles. The number of rotatable bonds is 8. The summed E-state index contributed by atoms with van der Waals surface area (Å²) < 4.78 is 33.5. The second-order valence-electron chi connectivity index (χ2n) is 13.2. The zero-order chi connectivity index (χ0) is 33.8. The first-order valence-corrected chi connectivity index (χ1v) is 17.2. The molecule has 1 aromatic carbocycles.